The van der Waals surface area contributed by atoms with Crippen LogP contribution < -0.4 is 5.32 Å². The van der Waals surface area contributed by atoms with Gasteiger partial charge in [-0.15, -0.1) is 0 Å². The van der Waals surface area contributed by atoms with Crippen LogP contribution in [0.25, 0.3) is 0 Å². The van der Waals surface area contributed by atoms with Crippen LogP contribution in [-0.4, -0.2) is 25.8 Å². The molecule has 94 valence electrons. The molecule has 1 heterocycles. The van der Waals surface area contributed by atoms with Gasteiger partial charge in [0.2, 0.25) is 0 Å². The molecule has 0 saturated carbocycles. The largest absolute Gasteiger partial charge is 0.378 e. The second-order valence-electron chi connectivity index (χ2n) is 5.06. The van der Waals surface area contributed by atoms with Crippen LogP contribution in [0.1, 0.15) is 25.3 Å². The van der Waals surface area contributed by atoms with Crippen LogP contribution in [-0.2, 0) is 11.2 Å². The van der Waals surface area contributed by atoms with Crippen molar-refractivity contribution in [2.24, 2.45) is 5.92 Å². The molecule has 3 atom stereocenters. The normalized spacial score (nSPS) is 26.0. The summed E-state index contributed by atoms with van der Waals surface area (Å²) in [5, 5.41) is 3.45. The summed E-state index contributed by atoms with van der Waals surface area (Å²) in [4.78, 5) is 0. The lowest BCUT2D eigenvalue weighted by molar-refractivity contribution is 0.117. The van der Waals surface area contributed by atoms with Crippen LogP contribution in [0.2, 0.25) is 0 Å². The van der Waals surface area contributed by atoms with Gasteiger partial charge in [0.15, 0.2) is 0 Å². The topological polar surface area (TPSA) is 21.3 Å². The molecule has 0 aromatic heterocycles. The van der Waals surface area contributed by atoms with E-state index in [1.165, 1.54) is 18.4 Å². The third-order valence-corrected chi connectivity index (χ3v) is 3.76. The minimum absolute atomic E-state index is 0.438. The van der Waals surface area contributed by atoms with Gasteiger partial charge < -0.3 is 10.1 Å². The molecule has 2 heteroatoms. The van der Waals surface area contributed by atoms with E-state index in [0.29, 0.717) is 18.1 Å². The number of benzene rings is 1. The van der Waals surface area contributed by atoms with E-state index in [2.05, 4.69) is 49.6 Å². The van der Waals surface area contributed by atoms with Crippen molar-refractivity contribution in [3.05, 3.63) is 35.9 Å². The second-order valence-corrected chi connectivity index (χ2v) is 5.06. The molecule has 1 fully saturated rings. The van der Waals surface area contributed by atoms with E-state index in [1.807, 2.05) is 0 Å². The lowest BCUT2D eigenvalue weighted by atomic mass is 9.92. The quantitative estimate of drug-likeness (QED) is 0.844. The highest BCUT2D eigenvalue weighted by Crippen LogP contribution is 2.24. The number of ether oxygens (including phenoxy) is 1. The third-order valence-electron chi connectivity index (χ3n) is 3.76. The Kier molecular flexibility index (Phi) is 4.57. The van der Waals surface area contributed by atoms with E-state index in [4.69, 9.17) is 4.74 Å². The molecule has 1 aliphatic heterocycles. The first kappa shape index (κ1) is 12.6. The molecule has 0 amide bonds. The van der Waals surface area contributed by atoms with Gasteiger partial charge in [-0.2, -0.15) is 0 Å². The summed E-state index contributed by atoms with van der Waals surface area (Å²) in [6, 6.07) is 11.3. The first-order chi connectivity index (χ1) is 8.29. The fraction of sp³-hybridized carbons (Fsp3) is 0.600. The molecule has 1 aromatic rings. The second kappa shape index (κ2) is 6.18. The summed E-state index contributed by atoms with van der Waals surface area (Å²) in [6.45, 7) is 3.09. The zero-order valence-corrected chi connectivity index (χ0v) is 10.9. The van der Waals surface area contributed by atoms with E-state index >= 15 is 0 Å². The van der Waals surface area contributed by atoms with Crippen LogP contribution in [0, 0.1) is 5.92 Å². The van der Waals surface area contributed by atoms with Crippen molar-refractivity contribution in [1.29, 1.82) is 0 Å². The van der Waals surface area contributed by atoms with Gasteiger partial charge in [0.25, 0.3) is 0 Å². The van der Waals surface area contributed by atoms with E-state index in [1.54, 1.807) is 0 Å². The average Bonchev–Trinajstić information content (AvgIpc) is 2.78. The van der Waals surface area contributed by atoms with Crippen molar-refractivity contribution in [2.75, 3.05) is 13.7 Å². The van der Waals surface area contributed by atoms with Gasteiger partial charge in [0.1, 0.15) is 0 Å². The van der Waals surface area contributed by atoms with E-state index < -0.39 is 0 Å². The Morgan fingerprint density at radius 1 is 1.35 bits per heavy atom. The molecule has 0 aliphatic carbocycles. The lowest BCUT2D eigenvalue weighted by Gasteiger charge is -2.21. The Labute approximate surface area is 104 Å². The van der Waals surface area contributed by atoms with Crippen LogP contribution in [0.5, 0.6) is 0 Å². The Morgan fingerprint density at radius 2 is 2.12 bits per heavy atom. The number of hydrogen-bond donors (Lipinski definition) is 1. The average molecular weight is 233 g/mol. The number of aryl methyl sites for hydroxylation is 1. The lowest BCUT2D eigenvalue weighted by Crippen LogP contribution is -2.34. The smallest absolute Gasteiger partial charge is 0.0551 e. The molecule has 0 radical (unpaired) electrons. The predicted molar refractivity (Wildman–Crippen MR) is 71.1 cm³/mol. The zero-order valence-electron chi connectivity index (χ0n) is 10.9. The maximum absolute atomic E-state index is 5.66. The molecule has 0 spiro atoms. The van der Waals surface area contributed by atoms with Gasteiger partial charge in [-0.25, -0.2) is 0 Å². The van der Waals surface area contributed by atoms with Crippen molar-refractivity contribution in [1.82, 2.24) is 5.32 Å². The molecule has 3 unspecified atom stereocenters. The van der Waals surface area contributed by atoms with E-state index in [9.17, 15) is 0 Å². The molecular weight excluding hydrogens is 210 g/mol. The molecule has 1 N–H and O–H groups in total. The van der Waals surface area contributed by atoms with Crippen molar-refractivity contribution >= 4 is 0 Å². The highest BCUT2D eigenvalue weighted by Gasteiger charge is 2.28. The monoisotopic (exact) mass is 233 g/mol. The van der Waals surface area contributed by atoms with Gasteiger partial charge in [0.05, 0.1) is 12.7 Å². The van der Waals surface area contributed by atoms with Crippen molar-refractivity contribution in [3.8, 4) is 0 Å². The summed E-state index contributed by atoms with van der Waals surface area (Å²) in [5.41, 5.74) is 1.43. The van der Waals surface area contributed by atoms with Gasteiger partial charge in [-0.3, -0.25) is 0 Å². The Bertz CT molecular complexity index is 325. The van der Waals surface area contributed by atoms with Gasteiger partial charge in [0, 0.05) is 12.0 Å². The van der Waals surface area contributed by atoms with Crippen molar-refractivity contribution in [3.63, 3.8) is 0 Å². The summed E-state index contributed by atoms with van der Waals surface area (Å²) in [6.07, 6.45) is 3.98. The molecule has 1 saturated heterocycles. The van der Waals surface area contributed by atoms with Crippen LogP contribution in [0.3, 0.4) is 0 Å². The molecule has 17 heavy (non-hydrogen) atoms. The third kappa shape index (κ3) is 3.55. The van der Waals surface area contributed by atoms with E-state index in [-0.39, 0.29) is 0 Å². The predicted octanol–water partition coefficient (Wildman–Crippen LogP) is 2.63. The number of hydrogen-bond acceptors (Lipinski definition) is 2. The van der Waals surface area contributed by atoms with Crippen LogP contribution in [0.15, 0.2) is 30.3 Å². The summed E-state index contributed by atoms with van der Waals surface area (Å²) in [5.74, 6) is 0.679. The standard InChI is InChI=1S/C15H23NO/c1-12-10-14(11-17-12)15(16-2)9-8-13-6-4-3-5-7-13/h3-7,12,14-16H,8-11H2,1-2H3. The molecule has 1 aliphatic rings. The van der Waals surface area contributed by atoms with Crippen molar-refractivity contribution in [2.45, 2.75) is 38.3 Å². The zero-order chi connectivity index (χ0) is 12.1. The summed E-state index contributed by atoms with van der Waals surface area (Å²) < 4.78 is 5.66. The minimum Gasteiger partial charge on any atom is -0.378 e. The van der Waals surface area contributed by atoms with Gasteiger partial charge in [-0.1, -0.05) is 30.3 Å². The molecule has 2 nitrogen and oxygen atoms in total. The maximum atomic E-state index is 5.66. The van der Waals surface area contributed by atoms with E-state index in [0.717, 1.165) is 13.0 Å². The fourth-order valence-corrected chi connectivity index (χ4v) is 2.71. The summed E-state index contributed by atoms with van der Waals surface area (Å²) in [7, 11) is 2.07. The van der Waals surface area contributed by atoms with Gasteiger partial charge >= 0.3 is 0 Å². The Hall–Kier alpha value is -0.860. The van der Waals surface area contributed by atoms with Crippen molar-refractivity contribution < 1.29 is 4.74 Å². The fourth-order valence-electron chi connectivity index (χ4n) is 2.71. The molecule has 0 bridgehead atoms. The SMILES string of the molecule is CNC(CCc1ccccc1)C1COC(C)C1. The minimum atomic E-state index is 0.438. The Balaban J connectivity index is 1.84. The first-order valence-electron chi connectivity index (χ1n) is 6.62. The molecule has 1 aromatic carbocycles. The maximum Gasteiger partial charge on any atom is 0.0551 e. The molecule has 2 rings (SSSR count). The van der Waals surface area contributed by atoms with Crippen LogP contribution in [0.4, 0.5) is 0 Å². The van der Waals surface area contributed by atoms with Crippen LogP contribution >= 0.6 is 0 Å². The molecular formula is C15H23NO. The Morgan fingerprint density at radius 3 is 2.71 bits per heavy atom. The number of rotatable bonds is 5. The highest BCUT2D eigenvalue weighted by molar-refractivity contribution is 5.14. The highest BCUT2D eigenvalue weighted by atomic mass is 16.5. The number of nitrogens with one attached hydrogen (secondary N) is 1. The first-order valence-corrected chi connectivity index (χ1v) is 6.62. The summed E-state index contributed by atoms with van der Waals surface area (Å²) >= 11 is 0. The van der Waals surface area contributed by atoms with Gasteiger partial charge in [-0.05, 0) is 38.8 Å².